The quantitative estimate of drug-likeness (QED) is 0.751. The van der Waals surface area contributed by atoms with Crippen molar-refractivity contribution < 1.29 is 14.3 Å². The fraction of sp³-hybridized carbons (Fsp3) is 0.462. The zero-order valence-corrected chi connectivity index (χ0v) is 10.8. The molecule has 1 aromatic rings. The summed E-state index contributed by atoms with van der Waals surface area (Å²) in [5.74, 6) is -0.781. The summed E-state index contributed by atoms with van der Waals surface area (Å²) in [7, 11) is 0. The molecule has 3 nitrogen and oxygen atoms in total. The standard InChI is InChI=1S/C13H17ClFNO2/c14-11-9-10(5-6-12(11)15)13(18)16-7-3-1-2-4-8-17/h5-6,9,17H,1-4,7-8H2,(H,16,18). The maximum absolute atomic E-state index is 12.9. The Kier molecular flexibility index (Phi) is 6.68. The fourth-order valence-electron chi connectivity index (χ4n) is 1.53. The molecular weight excluding hydrogens is 257 g/mol. The first-order chi connectivity index (χ1) is 8.65. The Balaban J connectivity index is 2.30. The third-order valence-corrected chi connectivity index (χ3v) is 2.84. The highest BCUT2D eigenvalue weighted by Gasteiger charge is 2.07. The molecule has 1 amide bonds. The van der Waals surface area contributed by atoms with Crippen molar-refractivity contribution in [1.29, 1.82) is 0 Å². The molecule has 0 fully saturated rings. The van der Waals surface area contributed by atoms with E-state index in [9.17, 15) is 9.18 Å². The minimum absolute atomic E-state index is 0.0504. The average Bonchev–Trinajstić information content (AvgIpc) is 2.36. The largest absolute Gasteiger partial charge is 0.396 e. The van der Waals surface area contributed by atoms with Gasteiger partial charge >= 0.3 is 0 Å². The summed E-state index contributed by atoms with van der Waals surface area (Å²) >= 11 is 5.60. The van der Waals surface area contributed by atoms with Crippen molar-refractivity contribution in [2.45, 2.75) is 25.7 Å². The van der Waals surface area contributed by atoms with Crippen LogP contribution in [0.2, 0.25) is 5.02 Å². The Bertz CT molecular complexity index is 399. The van der Waals surface area contributed by atoms with Crippen molar-refractivity contribution in [1.82, 2.24) is 5.32 Å². The highest BCUT2D eigenvalue weighted by molar-refractivity contribution is 6.31. The molecule has 18 heavy (non-hydrogen) atoms. The SMILES string of the molecule is O=C(NCCCCCCO)c1ccc(F)c(Cl)c1. The van der Waals surface area contributed by atoms with Gasteiger partial charge in [-0.25, -0.2) is 4.39 Å². The summed E-state index contributed by atoms with van der Waals surface area (Å²) in [6, 6.07) is 3.90. The van der Waals surface area contributed by atoms with Crippen LogP contribution in [-0.2, 0) is 0 Å². The second-order valence-electron chi connectivity index (χ2n) is 4.02. The van der Waals surface area contributed by atoms with Gasteiger partial charge in [0.25, 0.3) is 5.91 Å². The molecule has 100 valence electrons. The molecular formula is C13H17ClFNO2. The molecule has 0 unspecified atom stereocenters. The fourth-order valence-corrected chi connectivity index (χ4v) is 1.71. The van der Waals surface area contributed by atoms with Crippen LogP contribution in [-0.4, -0.2) is 24.2 Å². The molecule has 0 aliphatic rings. The van der Waals surface area contributed by atoms with Crippen LogP contribution in [0.5, 0.6) is 0 Å². The maximum Gasteiger partial charge on any atom is 0.251 e. The first-order valence-corrected chi connectivity index (χ1v) is 6.37. The number of aliphatic hydroxyl groups excluding tert-OH is 1. The number of halogens is 2. The van der Waals surface area contributed by atoms with Gasteiger partial charge in [-0.05, 0) is 31.0 Å². The number of hydrogen-bond donors (Lipinski definition) is 2. The Labute approximate surface area is 111 Å². The number of hydrogen-bond acceptors (Lipinski definition) is 2. The van der Waals surface area contributed by atoms with Gasteiger partial charge < -0.3 is 10.4 Å². The summed E-state index contributed by atoms with van der Waals surface area (Å²) in [5.41, 5.74) is 0.358. The topological polar surface area (TPSA) is 49.3 Å². The molecule has 1 aromatic carbocycles. The van der Waals surface area contributed by atoms with Gasteiger partial charge in [0, 0.05) is 18.7 Å². The van der Waals surface area contributed by atoms with E-state index in [0.717, 1.165) is 25.7 Å². The third-order valence-electron chi connectivity index (χ3n) is 2.55. The van der Waals surface area contributed by atoms with Crippen molar-refractivity contribution in [2.24, 2.45) is 0 Å². The predicted molar refractivity (Wildman–Crippen MR) is 69.3 cm³/mol. The Morgan fingerprint density at radius 3 is 2.67 bits per heavy atom. The number of carbonyl (C=O) groups is 1. The number of nitrogens with one attached hydrogen (secondary N) is 1. The molecule has 0 aromatic heterocycles. The molecule has 2 N–H and O–H groups in total. The van der Waals surface area contributed by atoms with Crippen molar-refractivity contribution in [3.63, 3.8) is 0 Å². The van der Waals surface area contributed by atoms with Crippen LogP contribution in [0, 0.1) is 5.82 Å². The van der Waals surface area contributed by atoms with Crippen molar-refractivity contribution in [3.05, 3.63) is 34.6 Å². The van der Waals surface area contributed by atoms with Crippen LogP contribution in [0.25, 0.3) is 0 Å². The summed E-state index contributed by atoms with van der Waals surface area (Å²) in [6.07, 6.45) is 3.57. The molecule has 0 saturated carbocycles. The van der Waals surface area contributed by atoms with Crippen LogP contribution in [0.1, 0.15) is 36.0 Å². The van der Waals surface area contributed by atoms with Crippen molar-refractivity contribution >= 4 is 17.5 Å². The number of rotatable bonds is 7. The second-order valence-corrected chi connectivity index (χ2v) is 4.43. The minimum Gasteiger partial charge on any atom is -0.396 e. The van der Waals surface area contributed by atoms with Gasteiger partial charge in [0.2, 0.25) is 0 Å². The molecule has 0 saturated heterocycles. The van der Waals surface area contributed by atoms with E-state index in [0.29, 0.717) is 12.1 Å². The van der Waals surface area contributed by atoms with E-state index < -0.39 is 5.82 Å². The number of unbranched alkanes of at least 4 members (excludes halogenated alkanes) is 3. The van der Waals surface area contributed by atoms with Crippen LogP contribution in [0.15, 0.2) is 18.2 Å². The highest BCUT2D eigenvalue weighted by Crippen LogP contribution is 2.15. The van der Waals surface area contributed by atoms with E-state index in [1.54, 1.807) is 0 Å². The second kappa shape index (κ2) is 8.06. The first kappa shape index (κ1) is 14.9. The zero-order valence-electron chi connectivity index (χ0n) is 10.1. The van der Waals surface area contributed by atoms with E-state index in [4.69, 9.17) is 16.7 Å². The molecule has 0 atom stereocenters. The third kappa shape index (κ3) is 5.02. The lowest BCUT2D eigenvalue weighted by atomic mass is 10.2. The smallest absolute Gasteiger partial charge is 0.251 e. The molecule has 0 aliphatic heterocycles. The summed E-state index contributed by atoms with van der Waals surface area (Å²) in [5, 5.41) is 11.3. The van der Waals surface area contributed by atoms with E-state index in [2.05, 4.69) is 5.32 Å². The molecule has 5 heteroatoms. The summed E-state index contributed by atoms with van der Waals surface area (Å²) in [4.78, 5) is 11.7. The normalized spacial score (nSPS) is 10.4. The van der Waals surface area contributed by atoms with Gasteiger partial charge in [0.15, 0.2) is 0 Å². The Hall–Kier alpha value is -1.13. The number of aliphatic hydroxyl groups is 1. The van der Waals surface area contributed by atoms with Gasteiger partial charge in [0.1, 0.15) is 5.82 Å². The van der Waals surface area contributed by atoms with E-state index >= 15 is 0 Å². The van der Waals surface area contributed by atoms with E-state index in [-0.39, 0.29) is 17.5 Å². The Morgan fingerprint density at radius 2 is 2.00 bits per heavy atom. The monoisotopic (exact) mass is 273 g/mol. The van der Waals surface area contributed by atoms with E-state index in [1.165, 1.54) is 18.2 Å². The van der Waals surface area contributed by atoms with Crippen LogP contribution < -0.4 is 5.32 Å². The number of amides is 1. The predicted octanol–water partition coefficient (Wildman–Crippen LogP) is 2.76. The average molecular weight is 274 g/mol. The van der Waals surface area contributed by atoms with Gasteiger partial charge in [-0.2, -0.15) is 0 Å². The molecule has 1 rings (SSSR count). The lowest BCUT2D eigenvalue weighted by Gasteiger charge is -2.05. The Morgan fingerprint density at radius 1 is 1.28 bits per heavy atom. The zero-order chi connectivity index (χ0) is 13.4. The van der Waals surface area contributed by atoms with Crippen molar-refractivity contribution in [2.75, 3.05) is 13.2 Å². The summed E-state index contributed by atoms with van der Waals surface area (Å²) < 4.78 is 12.9. The van der Waals surface area contributed by atoms with E-state index in [1.807, 2.05) is 0 Å². The minimum atomic E-state index is -0.530. The molecule has 0 heterocycles. The molecule has 0 aliphatic carbocycles. The number of benzene rings is 1. The molecule has 0 bridgehead atoms. The van der Waals surface area contributed by atoms with Crippen LogP contribution in [0.3, 0.4) is 0 Å². The van der Waals surface area contributed by atoms with Gasteiger partial charge in [-0.3, -0.25) is 4.79 Å². The highest BCUT2D eigenvalue weighted by atomic mass is 35.5. The van der Waals surface area contributed by atoms with Crippen LogP contribution >= 0.6 is 11.6 Å². The van der Waals surface area contributed by atoms with Gasteiger partial charge in [-0.1, -0.05) is 24.4 Å². The first-order valence-electron chi connectivity index (χ1n) is 5.99. The lowest BCUT2D eigenvalue weighted by molar-refractivity contribution is 0.0952. The van der Waals surface area contributed by atoms with Gasteiger partial charge in [0.05, 0.1) is 5.02 Å². The number of carbonyl (C=O) groups excluding carboxylic acids is 1. The van der Waals surface area contributed by atoms with Gasteiger partial charge in [-0.15, -0.1) is 0 Å². The van der Waals surface area contributed by atoms with Crippen molar-refractivity contribution in [3.8, 4) is 0 Å². The van der Waals surface area contributed by atoms with Crippen LogP contribution in [0.4, 0.5) is 4.39 Å². The summed E-state index contributed by atoms with van der Waals surface area (Å²) in [6.45, 7) is 0.777. The maximum atomic E-state index is 12.9. The molecule has 0 spiro atoms. The molecule has 0 radical (unpaired) electrons. The lowest BCUT2D eigenvalue weighted by Crippen LogP contribution is -2.24.